The van der Waals surface area contributed by atoms with Crippen LogP contribution in [0.5, 0.6) is 0 Å². The molecule has 25 heavy (non-hydrogen) atoms. The molecule has 2 N–H and O–H groups in total. The van der Waals surface area contributed by atoms with Crippen LogP contribution < -0.4 is 5.73 Å². The van der Waals surface area contributed by atoms with Crippen LogP contribution in [0.15, 0.2) is 0 Å². The van der Waals surface area contributed by atoms with Crippen LogP contribution in [0.1, 0.15) is 59.3 Å². The van der Waals surface area contributed by atoms with Gasteiger partial charge in [-0.2, -0.15) is 0 Å². The number of amides is 2. The lowest BCUT2D eigenvalue weighted by Gasteiger charge is -2.36. The first-order valence-corrected chi connectivity index (χ1v) is 9.72. The summed E-state index contributed by atoms with van der Waals surface area (Å²) in [6.45, 7) is 9.70. The van der Waals surface area contributed by atoms with Gasteiger partial charge in [0, 0.05) is 32.7 Å². The highest BCUT2D eigenvalue weighted by Crippen LogP contribution is 2.26. The average Bonchev–Trinajstić information content (AvgIpc) is 3.03. The summed E-state index contributed by atoms with van der Waals surface area (Å²) in [7, 11) is 0. The van der Waals surface area contributed by atoms with E-state index in [1.807, 2.05) is 9.80 Å². The summed E-state index contributed by atoms with van der Waals surface area (Å²) in [4.78, 5) is 29.2. The van der Waals surface area contributed by atoms with Gasteiger partial charge in [-0.25, -0.2) is 0 Å². The van der Waals surface area contributed by atoms with E-state index in [2.05, 4.69) is 20.8 Å². The first kappa shape index (κ1) is 20.2. The van der Waals surface area contributed by atoms with Gasteiger partial charge in [0.25, 0.3) is 0 Å². The van der Waals surface area contributed by atoms with Crippen molar-refractivity contribution in [2.45, 2.75) is 71.4 Å². The first-order chi connectivity index (χ1) is 11.8. The Balaban J connectivity index is 1.84. The maximum atomic E-state index is 12.9. The highest BCUT2D eigenvalue weighted by molar-refractivity contribution is 5.88. The number of hydrogen-bond acceptors (Lipinski definition) is 4. The van der Waals surface area contributed by atoms with Gasteiger partial charge >= 0.3 is 0 Å². The Bertz CT molecular complexity index is 453. The summed E-state index contributed by atoms with van der Waals surface area (Å²) in [5.74, 6) is 0.239. The maximum absolute atomic E-state index is 12.9. The second kappa shape index (κ2) is 8.99. The molecule has 0 radical (unpaired) electrons. The summed E-state index contributed by atoms with van der Waals surface area (Å²) in [6.07, 6.45) is 5.07. The molecule has 2 rings (SSSR count). The van der Waals surface area contributed by atoms with E-state index in [0.717, 1.165) is 45.2 Å². The molecule has 1 unspecified atom stereocenters. The Labute approximate surface area is 152 Å². The van der Waals surface area contributed by atoms with Crippen LogP contribution in [0.3, 0.4) is 0 Å². The molecule has 0 aromatic heterocycles. The van der Waals surface area contributed by atoms with Crippen molar-refractivity contribution in [2.24, 2.45) is 11.1 Å². The number of carbonyl (C=O) groups excluding carboxylic acids is 2. The van der Waals surface area contributed by atoms with Gasteiger partial charge in [0.1, 0.15) is 6.04 Å². The second-order valence-electron chi connectivity index (χ2n) is 8.52. The molecule has 0 aromatic rings. The van der Waals surface area contributed by atoms with Gasteiger partial charge in [-0.1, -0.05) is 20.8 Å². The van der Waals surface area contributed by atoms with Crippen molar-refractivity contribution in [1.82, 2.24) is 9.80 Å². The van der Waals surface area contributed by atoms with E-state index < -0.39 is 0 Å². The minimum atomic E-state index is -0.260. The Hall–Kier alpha value is -1.14. The molecule has 2 saturated heterocycles. The molecule has 2 heterocycles. The van der Waals surface area contributed by atoms with Gasteiger partial charge in [-0.15, -0.1) is 0 Å². The number of hydrogen-bond donors (Lipinski definition) is 1. The number of ether oxygens (including phenoxy) is 1. The highest BCUT2D eigenvalue weighted by Gasteiger charge is 2.38. The van der Waals surface area contributed by atoms with E-state index in [1.165, 1.54) is 0 Å². The van der Waals surface area contributed by atoms with Crippen molar-refractivity contribution in [1.29, 1.82) is 0 Å². The molecule has 2 aliphatic rings. The van der Waals surface area contributed by atoms with Crippen molar-refractivity contribution in [3.63, 3.8) is 0 Å². The summed E-state index contributed by atoms with van der Waals surface area (Å²) in [6, 6.07) is -0.260. The van der Waals surface area contributed by atoms with E-state index in [-0.39, 0.29) is 29.4 Å². The quantitative estimate of drug-likeness (QED) is 0.739. The second-order valence-corrected chi connectivity index (χ2v) is 8.52. The van der Waals surface area contributed by atoms with E-state index in [4.69, 9.17) is 10.5 Å². The molecule has 0 bridgehead atoms. The van der Waals surface area contributed by atoms with E-state index >= 15 is 0 Å². The minimum Gasteiger partial charge on any atom is -0.378 e. The van der Waals surface area contributed by atoms with E-state index in [1.54, 1.807) is 0 Å². The number of carbonyl (C=O) groups is 2. The van der Waals surface area contributed by atoms with Crippen LogP contribution in [0.4, 0.5) is 0 Å². The van der Waals surface area contributed by atoms with Crippen molar-refractivity contribution in [3.8, 4) is 0 Å². The summed E-state index contributed by atoms with van der Waals surface area (Å²) >= 11 is 0. The summed E-state index contributed by atoms with van der Waals surface area (Å²) < 4.78 is 5.81. The lowest BCUT2D eigenvalue weighted by atomic mass is 9.91. The van der Waals surface area contributed by atoms with Gasteiger partial charge in [0.2, 0.25) is 11.8 Å². The van der Waals surface area contributed by atoms with Gasteiger partial charge in [0.15, 0.2) is 0 Å². The largest absolute Gasteiger partial charge is 0.378 e. The van der Waals surface area contributed by atoms with Crippen LogP contribution in [0.25, 0.3) is 0 Å². The topological polar surface area (TPSA) is 75.9 Å². The number of piperidine rings is 1. The lowest BCUT2D eigenvalue weighted by Crippen LogP contribution is -2.51. The number of nitrogens with zero attached hydrogens (tertiary/aromatic N) is 2. The fraction of sp³-hybridized carbons (Fsp3) is 0.895. The average molecular weight is 354 g/mol. The molecule has 1 atom stereocenters. The van der Waals surface area contributed by atoms with Crippen molar-refractivity contribution >= 4 is 11.8 Å². The molecule has 0 saturated carbocycles. The van der Waals surface area contributed by atoms with E-state index in [0.29, 0.717) is 26.1 Å². The van der Waals surface area contributed by atoms with Gasteiger partial charge in [0.05, 0.1) is 6.10 Å². The van der Waals surface area contributed by atoms with Crippen LogP contribution in [0, 0.1) is 5.41 Å². The minimum absolute atomic E-state index is 0.0491. The Kier molecular flexibility index (Phi) is 7.25. The molecular formula is C19H35N3O3. The van der Waals surface area contributed by atoms with Crippen molar-refractivity contribution in [2.75, 3.05) is 32.8 Å². The molecule has 0 aliphatic carbocycles. The normalized spacial score (nSPS) is 22.5. The molecule has 2 fully saturated rings. The van der Waals surface area contributed by atoms with Gasteiger partial charge < -0.3 is 20.3 Å². The number of likely N-dealkylation sites (tertiary alicyclic amines) is 2. The molecule has 0 spiro atoms. The van der Waals surface area contributed by atoms with E-state index in [9.17, 15) is 9.59 Å². The van der Waals surface area contributed by atoms with Gasteiger partial charge in [-0.3, -0.25) is 9.59 Å². The zero-order valence-corrected chi connectivity index (χ0v) is 16.1. The van der Waals surface area contributed by atoms with Gasteiger partial charge in [-0.05, 0) is 44.1 Å². The lowest BCUT2D eigenvalue weighted by molar-refractivity contribution is -0.146. The Morgan fingerprint density at radius 1 is 1.12 bits per heavy atom. The predicted molar refractivity (Wildman–Crippen MR) is 98.0 cm³/mol. The smallest absolute Gasteiger partial charge is 0.245 e. The van der Waals surface area contributed by atoms with Crippen LogP contribution in [-0.4, -0.2) is 66.5 Å². The molecule has 144 valence electrons. The molecule has 0 aromatic carbocycles. The third-order valence-electron chi connectivity index (χ3n) is 5.00. The third kappa shape index (κ3) is 5.96. The van der Waals surface area contributed by atoms with Crippen LogP contribution in [-0.2, 0) is 14.3 Å². The SMILES string of the molecule is CC(C)(C)CC(=O)N1CCCC1C(=O)N1CCC(OCCCN)CC1. The Morgan fingerprint density at radius 2 is 1.80 bits per heavy atom. The summed E-state index contributed by atoms with van der Waals surface area (Å²) in [5, 5.41) is 0. The first-order valence-electron chi connectivity index (χ1n) is 9.72. The zero-order valence-electron chi connectivity index (χ0n) is 16.1. The zero-order chi connectivity index (χ0) is 18.4. The molecular weight excluding hydrogens is 318 g/mol. The third-order valence-corrected chi connectivity index (χ3v) is 5.00. The Morgan fingerprint density at radius 3 is 2.40 bits per heavy atom. The number of nitrogens with two attached hydrogens (primary N) is 1. The maximum Gasteiger partial charge on any atom is 0.245 e. The fourth-order valence-corrected chi connectivity index (χ4v) is 3.66. The summed E-state index contributed by atoms with van der Waals surface area (Å²) in [5.41, 5.74) is 5.44. The molecule has 6 heteroatoms. The van der Waals surface area contributed by atoms with Crippen LogP contribution >= 0.6 is 0 Å². The van der Waals surface area contributed by atoms with Crippen LogP contribution in [0.2, 0.25) is 0 Å². The monoisotopic (exact) mass is 353 g/mol. The highest BCUT2D eigenvalue weighted by atomic mass is 16.5. The van der Waals surface area contributed by atoms with Crippen molar-refractivity contribution in [3.05, 3.63) is 0 Å². The molecule has 2 aliphatic heterocycles. The fourth-order valence-electron chi connectivity index (χ4n) is 3.66. The van der Waals surface area contributed by atoms with Crippen molar-refractivity contribution < 1.29 is 14.3 Å². The standard InChI is InChI=1S/C19H35N3O3/c1-19(2,3)14-17(23)22-10-4-6-16(22)18(24)21-11-7-15(8-12-21)25-13-5-9-20/h15-16H,4-14,20H2,1-3H3. The molecule has 2 amide bonds. The predicted octanol–water partition coefficient (Wildman–Crippen LogP) is 1.77. The molecule has 6 nitrogen and oxygen atoms in total. The number of rotatable bonds is 6.